The van der Waals surface area contributed by atoms with Crippen molar-refractivity contribution in [1.82, 2.24) is 0 Å². The molecule has 2 heteroatoms. The fraction of sp³-hybridized carbons (Fsp3) is 0.182. The minimum atomic E-state index is -1.09. The third-order valence-corrected chi connectivity index (χ3v) is 1.78. The summed E-state index contributed by atoms with van der Waals surface area (Å²) in [7, 11) is 0. The van der Waals surface area contributed by atoms with Crippen LogP contribution in [0.4, 0.5) is 0 Å². The van der Waals surface area contributed by atoms with Crippen molar-refractivity contribution >= 4 is 5.97 Å². The highest BCUT2D eigenvalue weighted by Crippen LogP contribution is 2.10. The molecule has 13 heavy (non-hydrogen) atoms. The molecule has 0 saturated heterocycles. The molecule has 0 unspecified atom stereocenters. The first-order chi connectivity index (χ1) is 6.11. The number of aryl methyl sites for hydroxylation is 2. The van der Waals surface area contributed by atoms with Crippen LogP contribution < -0.4 is 0 Å². The highest BCUT2D eigenvalue weighted by Gasteiger charge is 1.97. The van der Waals surface area contributed by atoms with Crippen molar-refractivity contribution in [1.29, 1.82) is 0 Å². The van der Waals surface area contributed by atoms with E-state index in [4.69, 9.17) is 5.11 Å². The number of aliphatic carboxylic acids is 1. The second-order valence-corrected chi connectivity index (χ2v) is 2.82. The monoisotopic (exact) mass is 174 g/mol. The fourth-order valence-electron chi connectivity index (χ4n) is 1.13. The van der Waals surface area contributed by atoms with Crippen LogP contribution in [0.3, 0.4) is 0 Å². The zero-order valence-corrected chi connectivity index (χ0v) is 7.59. The maximum atomic E-state index is 10.2. The molecule has 0 amide bonds. The molecule has 0 saturated carbocycles. The summed E-state index contributed by atoms with van der Waals surface area (Å²) in [5.41, 5.74) is 2.83. The highest BCUT2D eigenvalue weighted by molar-refractivity contribution is 5.87. The average molecular weight is 174 g/mol. The molecule has 1 aromatic carbocycles. The standard InChI is InChI=1S/C11H10O2/c1-8-4-3-5-9(2)10(8)6-7-11(12)13/h3-5H,1-2H3,(H,12,13). The van der Waals surface area contributed by atoms with Gasteiger partial charge in [-0.25, -0.2) is 4.79 Å². The minimum absolute atomic E-state index is 0.810. The number of carboxylic acids is 1. The second-order valence-electron chi connectivity index (χ2n) is 2.82. The molecule has 1 aromatic rings. The molecule has 0 aliphatic heterocycles. The molecule has 1 N–H and O–H groups in total. The Hall–Kier alpha value is -1.75. The Bertz CT molecular complexity index is 374. The summed E-state index contributed by atoms with van der Waals surface area (Å²) in [6, 6.07) is 5.76. The van der Waals surface area contributed by atoms with Crippen molar-refractivity contribution in [3.63, 3.8) is 0 Å². The number of carbonyl (C=O) groups is 1. The van der Waals surface area contributed by atoms with Crippen molar-refractivity contribution in [2.24, 2.45) is 0 Å². The van der Waals surface area contributed by atoms with Crippen molar-refractivity contribution in [2.45, 2.75) is 13.8 Å². The summed E-state index contributed by atoms with van der Waals surface area (Å²) in [4.78, 5) is 10.2. The van der Waals surface area contributed by atoms with Crippen molar-refractivity contribution < 1.29 is 9.90 Å². The van der Waals surface area contributed by atoms with E-state index in [1.807, 2.05) is 32.0 Å². The van der Waals surface area contributed by atoms with Crippen LogP contribution in [0.2, 0.25) is 0 Å². The maximum Gasteiger partial charge on any atom is 0.382 e. The van der Waals surface area contributed by atoms with E-state index in [-0.39, 0.29) is 0 Å². The topological polar surface area (TPSA) is 37.3 Å². The molecule has 0 fully saturated rings. The molecule has 0 aromatic heterocycles. The van der Waals surface area contributed by atoms with Gasteiger partial charge < -0.3 is 5.11 Å². The fourth-order valence-corrected chi connectivity index (χ4v) is 1.13. The molecule has 66 valence electrons. The molecule has 0 radical (unpaired) electrons. The number of benzene rings is 1. The normalized spacial score (nSPS) is 8.77. The van der Waals surface area contributed by atoms with Crippen LogP contribution in [0.1, 0.15) is 16.7 Å². The first-order valence-electron chi connectivity index (χ1n) is 3.92. The third kappa shape index (κ3) is 2.34. The molecule has 1 rings (SSSR count). The van der Waals surface area contributed by atoms with E-state index in [9.17, 15) is 4.79 Å². The number of hydrogen-bond donors (Lipinski definition) is 1. The molecule has 0 aliphatic carbocycles. The summed E-state index contributed by atoms with van der Waals surface area (Å²) in [6.45, 7) is 3.83. The summed E-state index contributed by atoms with van der Waals surface area (Å²) in [6.07, 6.45) is 0. The van der Waals surface area contributed by atoms with E-state index in [0.29, 0.717) is 0 Å². The number of rotatable bonds is 0. The van der Waals surface area contributed by atoms with E-state index >= 15 is 0 Å². The molecular formula is C11H10O2. The van der Waals surface area contributed by atoms with E-state index in [2.05, 4.69) is 11.8 Å². The van der Waals surface area contributed by atoms with Crippen LogP contribution in [0, 0.1) is 25.7 Å². The van der Waals surface area contributed by atoms with E-state index in [1.54, 1.807) is 0 Å². The van der Waals surface area contributed by atoms with Crippen LogP contribution in [-0.4, -0.2) is 11.1 Å². The van der Waals surface area contributed by atoms with Gasteiger partial charge in [-0.15, -0.1) is 0 Å². The largest absolute Gasteiger partial charge is 0.472 e. The van der Waals surface area contributed by atoms with Gasteiger partial charge in [0.2, 0.25) is 0 Å². The lowest BCUT2D eigenvalue weighted by molar-refractivity contribution is -0.130. The number of carboxylic acid groups (broad SMARTS) is 1. The first kappa shape index (κ1) is 9.34. The quantitative estimate of drug-likeness (QED) is 0.608. The van der Waals surface area contributed by atoms with Gasteiger partial charge in [0.25, 0.3) is 0 Å². The molecule has 0 bridgehead atoms. The summed E-state index contributed by atoms with van der Waals surface area (Å²) >= 11 is 0. The van der Waals surface area contributed by atoms with Crippen molar-refractivity contribution in [2.75, 3.05) is 0 Å². The van der Waals surface area contributed by atoms with Gasteiger partial charge in [0.15, 0.2) is 0 Å². The van der Waals surface area contributed by atoms with Gasteiger partial charge >= 0.3 is 5.97 Å². The lowest BCUT2D eigenvalue weighted by Gasteiger charge is -2.00. The van der Waals surface area contributed by atoms with Gasteiger partial charge in [-0.3, -0.25) is 0 Å². The Morgan fingerprint density at radius 1 is 1.31 bits per heavy atom. The smallest absolute Gasteiger partial charge is 0.382 e. The molecule has 0 spiro atoms. The lowest BCUT2D eigenvalue weighted by atomic mass is 10.0. The van der Waals surface area contributed by atoms with Gasteiger partial charge in [0, 0.05) is 11.5 Å². The Labute approximate surface area is 77.2 Å². The first-order valence-corrected chi connectivity index (χ1v) is 3.92. The number of hydrogen-bond acceptors (Lipinski definition) is 1. The molecular weight excluding hydrogens is 164 g/mol. The predicted molar refractivity (Wildman–Crippen MR) is 50.4 cm³/mol. The SMILES string of the molecule is Cc1cccc(C)c1C#CC(=O)O. The Morgan fingerprint density at radius 3 is 2.31 bits per heavy atom. The van der Waals surface area contributed by atoms with E-state index < -0.39 is 5.97 Å². The lowest BCUT2D eigenvalue weighted by Crippen LogP contribution is -1.90. The summed E-state index contributed by atoms with van der Waals surface area (Å²) < 4.78 is 0. The summed E-state index contributed by atoms with van der Waals surface area (Å²) in [5.74, 6) is 3.65. The Balaban J connectivity index is 3.16. The van der Waals surface area contributed by atoms with E-state index in [0.717, 1.165) is 16.7 Å². The van der Waals surface area contributed by atoms with Crippen LogP contribution in [-0.2, 0) is 4.79 Å². The Morgan fingerprint density at radius 2 is 1.85 bits per heavy atom. The third-order valence-electron chi connectivity index (χ3n) is 1.78. The van der Waals surface area contributed by atoms with E-state index in [1.165, 1.54) is 0 Å². The molecule has 0 aliphatic rings. The average Bonchev–Trinajstić information content (AvgIpc) is 2.03. The van der Waals surface area contributed by atoms with Crippen LogP contribution >= 0.6 is 0 Å². The molecule has 2 nitrogen and oxygen atoms in total. The molecule has 0 heterocycles. The van der Waals surface area contributed by atoms with Gasteiger partial charge in [-0.2, -0.15) is 0 Å². The zero-order chi connectivity index (χ0) is 9.84. The van der Waals surface area contributed by atoms with Gasteiger partial charge in [0.05, 0.1) is 0 Å². The van der Waals surface area contributed by atoms with Crippen LogP contribution in [0.5, 0.6) is 0 Å². The second kappa shape index (κ2) is 3.77. The van der Waals surface area contributed by atoms with Gasteiger partial charge in [-0.1, -0.05) is 24.1 Å². The highest BCUT2D eigenvalue weighted by atomic mass is 16.4. The van der Waals surface area contributed by atoms with Crippen LogP contribution in [0.25, 0.3) is 0 Å². The summed E-state index contributed by atoms with van der Waals surface area (Å²) in [5, 5.41) is 8.38. The molecule has 0 atom stereocenters. The van der Waals surface area contributed by atoms with Crippen molar-refractivity contribution in [3.8, 4) is 11.8 Å². The van der Waals surface area contributed by atoms with Crippen molar-refractivity contribution in [3.05, 3.63) is 34.9 Å². The van der Waals surface area contributed by atoms with Crippen LogP contribution in [0.15, 0.2) is 18.2 Å². The van der Waals surface area contributed by atoms with Gasteiger partial charge in [0.1, 0.15) is 0 Å². The van der Waals surface area contributed by atoms with Gasteiger partial charge in [-0.05, 0) is 25.0 Å². The minimum Gasteiger partial charge on any atom is -0.472 e. The zero-order valence-electron chi connectivity index (χ0n) is 7.59. The predicted octanol–water partition coefficient (Wildman–Crippen LogP) is 1.74. The maximum absolute atomic E-state index is 10.2. The Kier molecular flexibility index (Phi) is 2.71.